The molecular formula is C13H17ClN2O2. The lowest BCUT2D eigenvalue weighted by atomic mass is 10.2. The molecular weight excluding hydrogens is 252 g/mol. The zero-order valence-electron chi connectivity index (χ0n) is 10.2. The number of rotatable bonds is 4. The normalized spacial score (nSPS) is 15.8. The summed E-state index contributed by atoms with van der Waals surface area (Å²) in [7, 11) is 0. The summed E-state index contributed by atoms with van der Waals surface area (Å²) < 4.78 is 5.21. The second-order valence-electron chi connectivity index (χ2n) is 4.46. The van der Waals surface area contributed by atoms with Gasteiger partial charge in [-0.3, -0.25) is 4.90 Å². The van der Waals surface area contributed by atoms with E-state index in [0.717, 1.165) is 19.6 Å². The van der Waals surface area contributed by atoms with E-state index in [4.69, 9.17) is 22.1 Å². The zero-order valence-corrected chi connectivity index (χ0v) is 10.9. The number of hydrogen-bond donors (Lipinski definition) is 1. The van der Waals surface area contributed by atoms with Crippen LogP contribution in [0.5, 0.6) is 0 Å². The molecule has 1 aromatic rings. The molecule has 0 radical (unpaired) electrons. The molecule has 18 heavy (non-hydrogen) atoms. The molecule has 0 amide bonds. The minimum atomic E-state index is -0.372. The van der Waals surface area contributed by atoms with Crippen LogP contribution in [-0.2, 0) is 4.74 Å². The number of likely N-dealkylation sites (tertiary alicyclic amines) is 1. The van der Waals surface area contributed by atoms with Gasteiger partial charge in [0.25, 0.3) is 0 Å². The van der Waals surface area contributed by atoms with E-state index < -0.39 is 0 Å². The second-order valence-corrected chi connectivity index (χ2v) is 4.89. The third kappa shape index (κ3) is 3.62. The third-order valence-electron chi connectivity index (χ3n) is 3.00. The van der Waals surface area contributed by atoms with Gasteiger partial charge in [0.15, 0.2) is 0 Å². The fourth-order valence-corrected chi connectivity index (χ4v) is 2.33. The number of esters is 1. The van der Waals surface area contributed by atoms with E-state index >= 15 is 0 Å². The molecule has 1 fully saturated rings. The summed E-state index contributed by atoms with van der Waals surface area (Å²) in [6.45, 7) is 3.40. The monoisotopic (exact) mass is 268 g/mol. The Kier molecular flexibility index (Phi) is 4.44. The fourth-order valence-electron chi connectivity index (χ4n) is 2.09. The molecule has 1 aromatic carbocycles. The van der Waals surface area contributed by atoms with E-state index in [1.165, 1.54) is 12.8 Å². The summed E-state index contributed by atoms with van der Waals surface area (Å²) in [4.78, 5) is 14.1. The van der Waals surface area contributed by atoms with Crippen molar-refractivity contribution in [3.8, 4) is 0 Å². The average Bonchev–Trinajstić information content (AvgIpc) is 2.80. The minimum Gasteiger partial charge on any atom is -0.461 e. The zero-order chi connectivity index (χ0) is 13.0. The van der Waals surface area contributed by atoms with Crippen LogP contribution < -0.4 is 5.73 Å². The third-order valence-corrected chi connectivity index (χ3v) is 3.21. The molecule has 5 heteroatoms. The maximum Gasteiger partial charge on any atom is 0.338 e. The van der Waals surface area contributed by atoms with E-state index in [-0.39, 0.29) is 5.97 Å². The van der Waals surface area contributed by atoms with Crippen molar-refractivity contribution < 1.29 is 9.53 Å². The molecule has 0 unspecified atom stereocenters. The van der Waals surface area contributed by atoms with Crippen molar-refractivity contribution in [3.05, 3.63) is 28.8 Å². The van der Waals surface area contributed by atoms with Crippen LogP contribution in [0, 0.1) is 0 Å². The van der Waals surface area contributed by atoms with Gasteiger partial charge < -0.3 is 10.5 Å². The Morgan fingerprint density at radius 2 is 2.06 bits per heavy atom. The van der Waals surface area contributed by atoms with Crippen LogP contribution in [-0.4, -0.2) is 37.1 Å². The number of ether oxygens (including phenoxy) is 1. The van der Waals surface area contributed by atoms with E-state index in [9.17, 15) is 4.79 Å². The highest BCUT2D eigenvalue weighted by Gasteiger charge is 2.13. The molecule has 1 heterocycles. The van der Waals surface area contributed by atoms with Crippen molar-refractivity contribution in [2.45, 2.75) is 12.8 Å². The maximum absolute atomic E-state index is 11.8. The van der Waals surface area contributed by atoms with Crippen molar-refractivity contribution in [1.82, 2.24) is 4.90 Å². The van der Waals surface area contributed by atoms with Gasteiger partial charge in [-0.2, -0.15) is 0 Å². The summed E-state index contributed by atoms with van der Waals surface area (Å²) in [6.07, 6.45) is 2.47. The SMILES string of the molecule is Nc1cc(Cl)cc(C(=O)OCCN2CCCC2)c1. The van der Waals surface area contributed by atoms with Crippen molar-refractivity contribution in [2.75, 3.05) is 32.0 Å². The highest BCUT2D eigenvalue weighted by Crippen LogP contribution is 2.17. The summed E-state index contributed by atoms with van der Waals surface area (Å²) in [5.41, 5.74) is 6.50. The van der Waals surface area contributed by atoms with E-state index in [0.29, 0.717) is 22.9 Å². The lowest BCUT2D eigenvalue weighted by Crippen LogP contribution is -2.25. The molecule has 0 saturated carbocycles. The maximum atomic E-state index is 11.8. The van der Waals surface area contributed by atoms with Crippen LogP contribution in [0.1, 0.15) is 23.2 Å². The molecule has 1 aliphatic heterocycles. The Balaban J connectivity index is 1.83. The Morgan fingerprint density at radius 3 is 2.72 bits per heavy atom. The number of anilines is 1. The predicted octanol–water partition coefficient (Wildman–Crippen LogP) is 2.17. The highest BCUT2D eigenvalue weighted by molar-refractivity contribution is 6.31. The highest BCUT2D eigenvalue weighted by atomic mass is 35.5. The molecule has 98 valence electrons. The van der Waals surface area contributed by atoms with Gasteiger partial charge in [-0.25, -0.2) is 4.79 Å². The number of nitrogens with two attached hydrogens (primary N) is 1. The molecule has 1 aliphatic rings. The number of halogens is 1. The van der Waals surface area contributed by atoms with Crippen LogP contribution in [0.15, 0.2) is 18.2 Å². The standard InChI is InChI=1S/C13H17ClN2O2/c14-11-7-10(8-12(15)9-11)13(17)18-6-5-16-3-1-2-4-16/h7-9H,1-6,15H2. The molecule has 4 nitrogen and oxygen atoms in total. The first-order chi connectivity index (χ1) is 8.65. The van der Waals surface area contributed by atoms with Crippen molar-refractivity contribution in [2.24, 2.45) is 0 Å². The largest absolute Gasteiger partial charge is 0.461 e. The van der Waals surface area contributed by atoms with Crippen LogP contribution in [0.25, 0.3) is 0 Å². The lowest BCUT2D eigenvalue weighted by molar-refractivity contribution is 0.0472. The Morgan fingerprint density at radius 1 is 1.33 bits per heavy atom. The number of carbonyl (C=O) groups excluding carboxylic acids is 1. The Labute approximate surface area is 112 Å². The minimum absolute atomic E-state index is 0.372. The number of benzene rings is 1. The molecule has 2 N–H and O–H groups in total. The van der Waals surface area contributed by atoms with Gasteiger partial charge in [0.05, 0.1) is 5.56 Å². The number of hydrogen-bond acceptors (Lipinski definition) is 4. The molecule has 2 rings (SSSR count). The lowest BCUT2D eigenvalue weighted by Gasteiger charge is -2.14. The summed E-state index contributed by atoms with van der Waals surface area (Å²) >= 11 is 5.84. The molecule has 0 atom stereocenters. The van der Waals surface area contributed by atoms with Gasteiger partial charge in [0.1, 0.15) is 6.61 Å². The first-order valence-corrected chi connectivity index (χ1v) is 6.48. The first kappa shape index (κ1) is 13.2. The van der Waals surface area contributed by atoms with Gasteiger partial charge in [0.2, 0.25) is 0 Å². The van der Waals surface area contributed by atoms with Crippen molar-refractivity contribution in [1.29, 1.82) is 0 Å². The smallest absolute Gasteiger partial charge is 0.338 e. The van der Waals surface area contributed by atoms with E-state index in [2.05, 4.69) is 4.90 Å². The molecule has 0 aromatic heterocycles. The van der Waals surface area contributed by atoms with Gasteiger partial charge in [-0.05, 0) is 44.1 Å². The van der Waals surface area contributed by atoms with E-state index in [1.807, 2.05) is 0 Å². The van der Waals surface area contributed by atoms with Gasteiger partial charge in [0, 0.05) is 17.3 Å². The first-order valence-electron chi connectivity index (χ1n) is 6.11. The Bertz CT molecular complexity index is 411. The number of nitrogens with zero attached hydrogens (tertiary/aromatic N) is 1. The molecule has 0 bridgehead atoms. The van der Waals surface area contributed by atoms with Crippen molar-refractivity contribution >= 4 is 23.3 Å². The summed E-state index contributed by atoms with van der Waals surface area (Å²) in [6, 6.07) is 4.74. The fraction of sp³-hybridized carbons (Fsp3) is 0.462. The van der Waals surface area contributed by atoms with Crippen LogP contribution >= 0.6 is 11.6 Å². The summed E-state index contributed by atoms with van der Waals surface area (Å²) in [5, 5.41) is 0.446. The average molecular weight is 269 g/mol. The van der Waals surface area contributed by atoms with Gasteiger partial charge >= 0.3 is 5.97 Å². The summed E-state index contributed by atoms with van der Waals surface area (Å²) in [5.74, 6) is -0.372. The van der Waals surface area contributed by atoms with Gasteiger partial charge in [-0.1, -0.05) is 11.6 Å². The van der Waals surface area contributed by atoms with Crippen LogP contribution in [0.3, 0.4) is 0 Å². The second kappa shape index (κ2) is 6.07. The van der Waals surface area contributed by atoms with Gasteiger partial charge in [-0.15, -0.1) is 0 Å². The van der Waals surface area contributed by atoms with Crippen LogP contribution in [0.2, 0.25) is 5.02 Å². The number of carbonyl (C=O) groups is 1. The Hall–Kier alpha value is -1.26. The quantitative estimate of drug-likeness (QED) is 0.672. The van der Waals surface area contributed by atoms with E-state index in [1.54, 1.807) is 18.2 Å². The topological polar surface area (TPSA) is 55.6 Å². The molecule has 1 saturated heterocycles. The molecule has 0 aliphatic carbocycles. The van der Waals surface area contributed by atoms with Crippen LogP contribution in [0.4, 0.5) is 5.69 Å². The molecule has 0 spiro atoms. The number of nitrogen functional groups attached to an aromatic ring is 1. The van der Waals surface area contributed by atoms with Crippen molar-refractivity contribution in [3.63, 3.8) is 0 Å². The predicted molar refractivity (Wildman–Crippen MR) is 71.8 cm³/mol.